The molecule has 0 amide bonds. The lowest BCUT2D eigenvalue weighted by atomic mass is 10.0. The van der Waals surface area contributed by atoms with Gasteiger partial charge in [0, 0.05) is 8.95 Å². The number of fused-ring (bicyclic) bond motifs is 4. The van der Waals surface area contributed by atoms with E-state index in [9.17, 15) is 0 Å². The Morgan fingerprint density at radius 2 is 1.64 bits per heavy atom. The Bertz CT molecular complexity index is 797. The number of hydrogen-bond donors (Lipinski definition) is 0. The Hall–Kier alpha value is -0.900. The molecule has 3 aliphatic rings. The topological polar surface area (TPSA) is 12.5 Å². The predicted molar refractivity (Wildman–Crippen MR) is 111 cm³/mol. The van der Waals surface area contributed by atoms with Gasteiger partial charge in [0.2, 0.25) is 0 Å². The molecule has 2 aliphatic carbocycles. The highest BCUT2D eigenvalue weighted by Gasteiger charge is 2.42. The Labute approximate surface area is 166 Å². The number of halogens is 2. The summed E-state index contributed by atoms with van der Waals surface area (Å²) in [4.78, 5) is 0. The van der Waals surface area contributed by atoms with Crippen molar-refractivity contribution >= 4 is 37.9 Å². The predicted octanol–water partition coefficient (Wildman–Crippen LogP) is 7.02. The van der Waals surface area contributed by atoms with Gasteiger partial charge >= 0.3 is 0 Å². The number of epoxide rings is 1. The van der Waals surface area contributed by atoms with Crippen LogP contribution in [0.15, 0.2) is 51.4 Å². The number of rotatable bonds is 0. The van der Waals surface area contributed by atoms with Crippen molar-refractivity contribution in [1.29, 1.82) is 0 Å². The molecule has 5 rings (SSSR count). The molecule has 0 radical (unpaired) electrons. The smallest absolute Gasteiger partial charge is 0.109 e. The van der Waals surface area contributed by atoms with Crippen molar-refractivity contribution in [2.75, 3.05) is 0 Å². The van der Waals surface area contributed by atoms with Crippen molar-refractivity contribution in [1.82, 2.24) is 0 Å². The van der Waals surface area contributed by atoms with Crippen LogP contribution in [-0.4, -0.2) is 6.10 Å². The fourth-order valence-corrected chi connectivity index (χ4v) is 4.51. The van der Waals surface area contributed by atoms with E-state index in [1.165, 1.54) is 69.7 Å². The van der Waals surface area contributed by atoms with Crippen LogP contribution in [0.5, 0.6) is 0 Å². The number of aryl methyl sites for hydroxylation is 2. The molecule has 1 aliphatic heterocycles. The van der Waals surface area contributed by atoms with Crippen molar-refractivity contribution in [3.05, 3.63) is 73.7 Å². The highest BCUT2D eigenvalue weighted by Crippen LogP contribution is 2.46. The summed E-state index contributed by atoms with van der Waals surface area (Å²) in [5.41, 5.74) is 5.75. The van der Waals surface area contributed by atoms with Crippen molar-refractivity contribution in [2.24, 2.45) is 0 Å². The second-order valence-electron chi connectivity index (χ2n) is 6.97. The van der Waals surface area contributed by atoms with Crippen LogP contribution in [0.2, 0.25) is 0 Å². The lowest BCUT2D eigenvalue weighted by Crippen LogP contribution is -1.90. The molecule has 0 spiro atoms. The van der Waals surface area contributed by atoms with Gasteiger partial charge in [0.15, 0.2) is 0 Å². The van der Waals surface area contributed by atoms with Gasteiger partial charge in [-0.1, -0.05) is 56.1 Å². The number of hydrogen-bond acceptors (Lipinski definition) is 1. The highest BCUT2D eigenvalue weighted by atomic mass is 79.9. The van der Waals surface area contributed by atoms with Crippen LogP contribution in [0.4, 0.5) is 0 Å². The van der Waals surface area contributed by atoms with Crippen molar-refractivity contribution in [2.45, 2.75) is 50.7 Å². The molecule has 0 aromatic heterocycles. The largest absolute Gasteiger partial charge is 0.364 e. The minimum absolute atomic E-state index is 0.412. The van der Waals surface area contributed by atoms with E-state index in [1.54, 1.807) is 0 Å². The van der Waals surface area contributed by atoms with E-state index in [0.29, 0.717) is 12.2 Å². The summed E-state index contributed by atoms with van der Waals surface area (Å²) in [5, 5.41) is 0. The molecule has 2 aromatic rings. The van der Waals surface area contributed by atoms with E-state index >= 15 is 0 Å². The first-order valence-corrected chi connectivity index (χ1v) is 10.7. The Morgan fingerprint density at radius 1 is 0.880 bits per heavy atom. The van der Waals surface area contributed by atoms with Crippen LogP contribution in [-0.2, 0) is 17.6 Å². The second kappa shape index (κ2) is 7.77. The third-order valence-electron chi connectivity index (χ3n) is 5.15. The summed E-state index contributed by atoms with van der Waals surface area (Å²) in [5.74, 6) is 0. The minimum atomic E-state index is 0.412. The first-order chi connectivity index (χ1) is 12.2. The lowest BCUT2D eigenvalue weighted by Gasteiger charge is -2.05. The molecule has 2 unspecified atom stereocenters. The van der Waals surface area contributed by atoms with E-state index in [0.717, 1.165) is 0 Å². The van der Waals surface area contributed by atoms with Crippen molar-refractivity contribution in [3.8, 4) is 0 Å². The standard InChI is InChI=1S/C11H11BrO.C11H11Br/c12-8-5-4-7-2-1-3-10-11(13-10)9(7)6-8;12-11-7-6-9-4-2-1-3-5-10(9)8-11/h4-6,10-11H,1-3H2;3,5-8H,1-2,4H2. The Kier molecular flexibility index (Phi) is 5.44. The maximum absolute atomic E-state index is 5.62. The zero-order valence-corrected chi connectivity index (χ0v) is 17.4. The molecule has 1 nitrogen and oxygen atoms in total. The molecule has 0 N–H and O–H groups in total. The number of allylic oxidation sites excluding steroid dienone is 1. The molecule has 1 heterocycles. The average molecular weight is 462 g/mol. The van der Waals surface area contributed by atoms with Gasteiger partial charge in [-0.05, 0) is 85.0 Å². The summed E-state index contributed by atoms with van der Waals surface area (Å²) >= 11 is 6.99. The van der Waals surface area contributed by atoms with Gasteiger partial charge in [-0.25, -0.2) is 0 Å². The summed E-state index contributed by atoms with van der Waals surface area (Å²) in [6.45, 7) is 0. The van der Waals surface area contributed by atoms with Crippen LogP contribution in [0.3, 0.4) is 0 Å². The van der Waals surface area contributed by atoms with Crippen LogP contribution >= 0.6 is 31.9 Å². The Balaban J connectivity index is 0.000000126. The molecule has 0 bridgehead atoms. The van der Waals surface area contributed by atoms with Crippen LogP contribution in [0, 0.1) is 0 Å². The summed E-state index contributed by atoms with van der Waals surface area (Å²) in [6, 6.07) is 13.1. The van der Waals surface area contributed by atoms with Gasteiger partial charge in [0.05, 0.1) is 6.10 Å². The van der Waals surface area contributed by atoms with Gasteiger partial charge < -0.3 is 4.74 Å². The maximum atomic E-state index is 5.62. The van der Waals surface area contributed by atoms with E-state index in [-0.39, 0.29) is 0 Å². The van der Waals surface area contributed by atoms with E-state index < -0.39 is 0 Å². The van der Waals surface area contributed by atoms with Crippen LogP contribution in [0.1, 0.15) is 54.0 Å². The zero-order valence-electron chi connectivity index (χ0n) is 14.2. The number of ether oxygens (including phenoxy) is 1. The monoisotopic (exact) mass is 460 g/mol. The van der Waals surface area contributed by atoms with Crippen molar-refractivity contribution in [3.63, 3.8) is 0 Å². The molecule has 2 aromatic carbocycles. The quantitative estimate of drug-likeness (QED) is 0.384. The molecule has 1 fully saturated rings. The fourth-order valence-electron chi connectivity index (χ4n) is 3.76. The molecule has 25 heavy (non-hydrogen) atoms. The molecule has 3 heteroatoms. The van der Waals surface area contributed by atoms with Gasteiger partial charge in [-0.15, -0.1) is 0 Å². The third-order valence-corrected chi connectivity index (χ3v) is 6.14. The first kappa shape index (κ1) is 17.5. The van der Waals surface area contributed by atoms with Gasteiger partial charge in [-0.3, -0.25) is 0 Å². The van der Waals surface area contributed by atoms with E-state index in [2.05, 4.69) is 80.4 Å². The highest BCUT2D eigenvalue weighted by molar-refractivity contribution is 9.10. The third kappa shape index (κ3) is 4.27. The average Bonchev–Trinajstić information content (AvgIpc) is 3.39. The molecular formula is C22H22Br2O. The molecule has 130 valence electrons. The minimum Gasteiger partial charge on any atom is -0.364 e. The molecular weight excluding hydrogens is 440 g/mol. The summed E-state index contributed by atoms with van der Waals surface area (Å²) < 4.78 is 7.96. The summed E-state index contributed by atoms with van der Waals surface area (Å²) in [6.07, 6.45) is 12.9. The van der Waals surface area contributed by atoms with Gasteiger partial charge in [0.25, 0.3) is 0 Å². The van der Waals surface area contributed by atoms with Crippen LogP contribution in [0.25, 0.3) is 6.08 Å². The van der Waals surface area contributed by atoms with Gasteiger partial charge in [0.1, 0.15) is 6.10 Å². The van der Waals surface area contributed by atoms with Gasteiger partial charge in [-0.2, -0.15) is 0 Å². The first-order valence-electron chi connectivity index (χ1n) is 9.09. The normalized spacial score (nSPS) is 23.1. The Morgan fingerprint density at radius 3 is 2.52 bits per heavy atom. The summed E-state index contributed by atoms with van der Waals surface area (Å²) in [7, 11) is 0. The zero-order chi connectivity index (χ0) is 17.2. The number of benzene rings is 2. The SMILES string of the molecule is Brc1ccc2c(c1)C1OC1CCC2.Brc1ccc2c(c1)C=CCCC2. The fraction of sp³-hybridized carbons (Fsp3) is 0.364. The van der Waals surface area contributed by atoms with E-state index in [1.807, 2.05) is 0 Å². The lowest BCUT2D eigenvalue weighted by molar-refractivity contribution is 0.357. The van der Waals surface area contributed by atoms with Crippen LogP contribution < -0.4 is 0 Å². The molecule has 1 saturated heterocycles. The van der Waals surface area contributed by atoms with E-state index in [4.69, 9.17) is 4.74 Å². The maximum Gasteiger partial charge on any atom is 0.109 e. The molecule has 2 atom stereocenters. The van der Waals surface area contributed by atoms with Crippen molar-refractivity contribution < 1.29 is 4.74 Å². The second-order valence-corrected chi connectivity index (χ2v) is 8.80. The molecule has 0 saturated carbocycles.